The van der Waals surface area contributed by atoms with E-state index >= 15 is 0 Å². The van der Waals surface area contributed by atoms with Crippen LogP contribution in [-0.2, 0) is 6.42 Å². The van der Waals surface area contributed by atoms with Gasteiger partial charge in [-0.2, -0.15) is 5.10 Å². The molecule has 1 aliphatic rings. The Morgan fingerprint density at radius 1 is 1.03 bits per heavy atom. The Morgan fingerprint density at radius 3 is 2.54 bits per heavy atom. The van der Waals surface area contributed by atoms with Crippen molar-refractivity contribution in [2.75, 3.05) is 7.05 Å². The Labute approximate surface area is 204 Å². The molecule has 2 amide bonds. The van der Waals surface area contributed by atoms with Crippen LogP contribution in [0.5, 0.6) is 0 Å². The summed E-state index contributed by atoms with van der Waals surface area (Å²) in [5.41, 5.74) is 11.2. The van der Waals surface area contributed by atoms with Gasteiger partial charge in [0.2, 0.25) is 5.91 Å². The predicted molar refractivity (Wildman–Crippen MR) is 135 cm³/mol. The van der Waals surface area contributed by atoms with Crippen LogP contribution >= 0.6 is 0 Å². The molecule has 0 bridgehead atoms. The molecule has 0 atom stereocenters. The number of nitrogens with zero attached hydrogens (tertiary/aromatic N) is 4. The minimum absolute atomic E-state index is 0.0223. The molecule has 0 saturated heterocycles. The Morgan fingerprint density at radius 2 is 1.80 bits per heavy atom. The molecule has 0 spiro atoms. The van der Waals surface area contributed by atoms with E-state index in [1.165, 1.54) is 25.5 Å². The van der Waals surface area contributed by atoms with E-state index in [9.17, 15) is 9.59 Å². The van der Waals surface area contributed by atoms with Gasteiger partial charge in [-0.15, -0.1) is 0 Å². The molecule has 1 aliphatic carbocycles. The quantitative estimate of drug-likeness (QED) is 0.452. The van der Waals surface area contributed by atoms with Crippen LogP contribution in [0.15, 0.2) is 67.1 Å². The van der Waals surface area contributed by atoms with E-state index in [1.54, 1.807) is 16.8 Å². The van der Waals surface area contributed by atoms with Crippen molar-refractivity contribution in [3.63, 3.8) is 0 Å². The van der Waals surface area contributed by atoms with E-state index in [1.807, 2.05) is 48.5 Å². The topological polar surface area (TPSA) is 93.6 Å². The third kappa shape index (κ3) is 4.80. The molecule has 1 saturated carbocycles. The van der Waals surface area contributed by atoms with E-state index in [0.717, 1.165) is 40.6 Å². The fourth-order valence-corrected chi connectivity index (χ4v) is 4.93. The minimum Gasteiger partial charge on any atom is -0.366 e. The van der Waals surface area contributed by atoms with Crippen LogP contribution in [-0.4, -0.2) is 44.4 Å². The maximum absolute atomic E-state index is 13.3. The summed E-state index contributed by atoms with van der Waals surface area (Å²) in [5, 5.41) is 4.61. The largest absolute Gasteiger partial charge is 0.366 e. The van der Waals surface area contributed by atoms with Crippen LogP contribution < -0.4 is 5.73 Å². The van der Waals surface area contributed by atoms with Crippen LogP contribution in [0.3, 0.4) is 0 Å². The smallest absolute Gasteiger partial charge is 0.274 e. The molecule has 3 aromatic heterocycles. The number of pyridine rings is 1. The summed E-state index contributed by atoms with van der Waals surface area (Å²) in [6.07, 6.45) is 11.5. The van der Waals surface area contributed by atoms with Gasteiger partial charge in [0.1, 0.15) is 5.69 Å². The van der Waals surface area contributed by atoms with Gasteiger partial charge in [0.15, 0.2) is 0 Å². The molecule has 2 N–H and O–H groups in total. The number of rotatable bonds is 6. The maximum atomic E-state index is 13.3. The second-order valence-corrected chi connectivity index (χ2v) is 9.30. The summed E-state index contributed by atoms with van der Waals surface area (Å²) in [6, 6.07) is 16.1. The summed E-state index contributed by atoms with van der Waals surface area (Å²) >= 11 is 0. The van der Waals surface area contributed by atoms with Crippen molar-refractivity contribution in [3.8, 4) is 11.1 Å². The van der Waals surface area contributed by atoms with Crippen LogP contribution in [0.2, 0.25) is 0 Å². The van der Waals surface area contributed by atoms with Crippen molar-refractivity contribution in [1.29, 1.82) is 0 Å². The van der Waals surface area contributed by atoms with Crippen LogP contribution in [0.25, 0.3) is 16.6 Å². The lowest BCUT2D eigenvalue weighted by Crippen LogP contribution is -2.38. The van der Waals surface area contributed by atoms with Gasteiger partial charge in [-0.25, -0.2) is 4.52 Å². The van der Waals surface area contributed by atoms with Gasteiger partial charge in [0.05, 0.1) is 11.1 Å². The molecule has 0 aliphatic heterocycles. The van der Waals surface area contributed by atoms with E-state index < -0.39 is 5.91 Å². The summed E-state index contributed by atoms with van der Waals surface area (Å²) in [5.74, 6) is -0.518. The number of hydrogen-bond donors (Lipinski definition) is 1. The number of carbonyl (C=O) groups excluding carboxylic acids is 2. The lowest BCUT2D eigenvalue weighted by atomic mass is 9.94. The average molecular weight is 468 g/mol. The highest BCUT2D eigenvalue weighted by molar-refractivity contribution is 5.94. The zero-order valence-corrected chi connectivity index (χ0v) is 19.9. The molecule has 7 heteroatoms. The Kier molecular flexibility index (Phi) is 6.31. The molecule has 0 radical (unpaired) electrons. The van der Waals surface area contributed by atoms with Crippen molar-refractivity contribution in [1.82, 2.24) is 19.5 Å². The van der Waals surface area contributed by atoms with Crippen LogP contribution in [0, 0.1) is 0 Å². The first kappa shape index (κ1) is 22.8. The van der Waals surface area contributed by atoms with Gasteiger partial charge < -0.3 is 10.6 Å². The second-order valence-electron chi connectivity index (χ2n) is 9.30. The Balaban J connectivity index is 1.40. The predicted octanol–water partition coefficient (Wildman–Crippen LogP) is 4.49. The maximum Gasteiger partial charge on any atom is 0.274 e. The van der Waals surface area contributed by atoms with E-state index in [2.05, 4.69) is 22.2 Å². The number of fused-ring (bicyclic) bond motifs is 1. The molecular weight excluding hydrogens is 438 g/mol. The number of hydrogen-bond acceptors (Lipinski definition) is 4. The van der Waals surface area contributed by atoms with Gasteiger partial charge in [-0.3, -0.25) is 14.6 Å². The summed E-state index contributed by atoms with van der Waals surface area (Å²) in [4.78, 5) is 30.8. The number of nitrogens with two attached hydrogens (primary N) is 1. The number of amides is 2. The first-order chi connectivity index (χ1) is 17.0. The van der Waals surface area contributed by atoms with Crippen molar-refractivity contribution < 1.29 is 9.59 Å². The Hall–Kier alpha value is -4.00. The Bertz CT molecular complexity index is 1370. The molecule has 178 valence electrons. The number of carbonyl (C=O) groups is 2. The van der Waals surface area contributed by atoms with E-state index in [-0.39, 0.29) is 11.9 Å². The monoisotopic (exact) mass is 467 g/mol. The molecule has 35 heavy (non-hydrogen) atoms. The highest BCUT2D eigenvalue weighted by atomic mass is 16.2. The summed E-state index contributed by atoms with van der Waals surface area (Å²) in [6.45, 7) is 0. The number of benzene rings is 1. The lowest BCUT2D eigenvalue weighted by molar-refractivity contribution is 0.0688. The molecule has 1 aromatic carbocycles. The molecular formula is C28H29N5O2. The van der Waals surface area contributed by atoms with Crippen molar-refractivity contribution in [3.05, 3.63) is 89.5 Å². The second kappa shape index (κ2) is 9.70. The SMILES string of the molecule is CN(C(=O)c1cc(Cc2ccc(-c3cncc(C(N)=O)c3)cc2)c2cccn2n1)C1CCCCC1. The number of primary amides is 1. The van der Waals surface area contributed by atoms with E-state index in [4.69, 9.17) is 5.73 Å². The van der Waals surface area contributed by atoms with Gasteiger partial charge >= 0.3 is 0 Å². The molecule has 3 heterocycles. The third-order valence-corrected chi connectivity index (χ3v) is 6.95. The molecule has 7 nitrogen and oxygen atoms in total. The van der Waals surface area contributed by atoms with Gasteiger partial charge in [0, 0.05) is 37.2 Å². The van der Waals surface area contributed by atoms with Crippen LogP contribution in [0.1, 0.15) is 64.1 Å². The highest BCUT2D eigenvalue weighted by Crippen LogP contribution is 2.25. The molecule has 0 unspecified atom stereocenters. The van der Waals surface area contributed by atoms with Gasteiger partial charge in [-0.1, -0.05) is 43.5 Å². The third-order valence-electron chi connectivity index (χ3n) is 6.95. The molecule has 4 aromatic rings. The highest BCUT2D eigenvalue weighted by Gasteiger charge is 2.24. The summed E-state index contributed by atoms with van der Waals surface area (Å²) < 4.78 is 1.80. The number of aromatic nitrogens is 3. The fraction of sp³-hybridized carbons (Fsp3) is 0.286. The van der Waals surface area contributed by atoms with Crippen LogP contribution in [0.4, 0.5) is 0 Å². The van der Waals surface area contributed by atoms with Crippen molar-refractivity contribution in [2.45, 2.75) is 44.6 Å². The zero-order valence-electron chi connectivity index (χ0n) is 19.9. The molecule has 1 fully saturated rings. The van der Waals surface area contributed by atoms with Crippen molar-refractivity contribution in [2.24, 2.45) is 5.73 Å². The first-order valence-corrected chi connectivity index (χ1v) is 12.1. The fourth-order valence-electron chi connectivity index (χ4n) is 4.93. The van der Waals surface area contributed by atoms with Gasteiger partial charge in [0.25, 0.3) is 5.91 Å². The normalized spacial score (nSPS) is 14.2. The van der Waals surface area contributed by atoms with Gasteiger partial charge in [-0.05, 0) is 60.2 Å². The molecule has 5 rings (SSSR count). The summed E-state index contributed by atoms with van der Waals surface area (Å²) in [7, 11) is 1.90. The average Bonchev–Trinajstić information content (AvgIpc) is 3.38. The lowest BCUT2D eigenvalue weighted by Gasteiger charge is -2.31. The van der Waals surface area contributed by atoms with E-state index in [0.29, 0.717) is 17.7 Å². The standard InChI is InChI=1S/C28H29N5O2/c1-32(24-6-3-2-4-7-24)28(35)25-16-21(26-8-5-13-33(26)31-25)14-19-9-11-20(12-10-19)22-15-23(27(29)34)18-30-17-22/h5,8-13,15-18,24H,2-4,6-7,14H2,1H3,(H2,29,34). The minimum atomic E-state index is -0.496. The first-order valence-electron chi connectivity index (χ1n) is 12.1. The zero-order chi connectivity index (χ0) is 24.4. The van der Waals surface area contributed by atoms with Crippen molar-refractivity contribution >= 4 is 17.3 Å².